The van der Waals surface area contributed by atoms with E-state index in [-0.39, 0.29) is 11.9 Å². The fourth-order valence-corrected chi connectivity index (χ4v) is 4.32. The molecule has 1 N–H and O–H groups in total. The van der Waals surface area contributed by atoms with E-state index in [4.69, 9.17) is 11.6 Å². The molecule has 0 spiro atoms. The van der Waals surface area contributed by atoms with Gasteiger partial charge in [0.2, 0.25) is 0 Å². The molecule has 0 fully saturated rings. The fraction of sp³-hybridized carbons (Fsp3) is 0.333. The number of hydrogen-bond donors (Lipinski definition) is 1. The monoisotopic (exact) mass is 416 g/mol. The van der Waals surface area contributed by atoms with Gasteiger partial charge in [-0.05, 0) is 45.0 Å². The second-order valence-corrected chi connectivity index (χ2v) is 8.44. The first-order valence-electron chi connectivity index (χ1n) is 9.13. The minimum atomic E-state index is -0.193. The van der Waals surface area contributed by atoms with E-state index in [1.54, 1.807) is 16.0 Å². The number of rotatable bonds is 7. The molecule has 2 heterocycles. The molecular weight excluding hydrogens is 392 g/mol. The molecule has 3 aromatic rings. The van der Waals surface area contributed by atoms with Gasteiger partial charge in [0, 0.05) is 11.4 Å². The zero-order chi connectivity index (χ0) is 20.3. The Morgan fingerprint density at radius 2 is 1.96 bits per heavy atom. The Bertz CT molecular complexity index is 932. The quantitative estimate of drug-likeness (QED) is 0.624. The number of benzene rings is 1. The highest BCUT2D eigenvalue weighted by Crippen LogP contribution is 2.24. The van der Waals surface area contributed by atoms with Crippen LogP contribution in [0.25, 0.3) is 0 Å². The van der Waals surface area contributed by atoms with E-state index >= 15 is 0 Å². The fourth-order valence-electron chi connectivity index (χ4n) is 3.08. The Morgan fingerprint density at radius 1 is 1.25 bits per heavy atom. The van der Waals surface area contributed by atoms with E-state index in [1.165, 1.54) is 10.4 Å². The van der Waals surface area contributed by atoms with Crippen LogP contribution in [-0.4, -0.2) is 41.2 Å². The number of nitrogens with one attached hydrogen (secondary N) is 1. The van der Waals surface area contributed by atoms with Gasteiger partial charge in [-0.2, -0.15) is 5.10 Å². The number of nitrogens with zero attached hydrogens (tertiary/aromatic N) is 3. The predicted octanol–water partition coefficient (Wildman–Crippen LogP) is 4.30. The summed E-state index contributed by atoms with van der Waals surface area (Å²) in [5.41, 5.74) is 3.37. The molecule has 1 aromatic carbocycles. The van der Waals surface area contributed by atoms with Crippen LogP contribution in [0.2, 0.25) is 5.15 Å². The smallest absolute Gasteiger partial charge is 0.256 e. The van der Waals surface area contributed by atoms with Gasteiger partial charge >= 0.3 is 0 Å². The molecule has 0 unspecified atom stereocenters. The van der Waals surface area contributed by atoms with E-state index in [0.717, 1.165) is 5.56 Å². The molecular formula is C21H25ClN4OS. The summed E-state index contributed by atoms with van der Waals surface area (Å²) in [7, 11) is 4.02. The van der Waals surface area contributed by atoms with Crippen molar-refractivity contribution in [1.82, 2.24) is 20.0 Å². The van der Waals surface area contributed by atoms with Crippen LogP contribution in [0.5, 0.6) is 0 Å². The predicted molar refractivity (Wildman–Crippen MR) is 115 cm³/mol. The van der Waals surface area contributed by atoms with Crippen LogP contribution in [0.3, 0.4) is 0 Å². The second-order valence-electron chi connectivity index (χ2n) is 7.10. The summed E-state index contributed by atoms with van der Waals surface area (Å²) in [5, 5.41) is 9.91. The maximum absolute atomic E-state index is 12.8. The number of carbonyl (C=O) groups excluding carboxylic acids is 1. The van der Waals surface area contributed by atoms with Gasteiger partial charge in [-0.3, -0.25) is 4.79 Å². The first-order valence-corrected chi connectivity index (χ1v) is 10.4. The Labute approximate surface area is 174 Å². The first kappa shape index (κ1) is 20.6. The van der Waals surface area contributed by atoms with Crippen molar-refractivity contribution >= 4 is 28.8 Å². The number of aryl methyl sites for hydroxylation is 2. The minimum absolute atomic E-state index is 0.116. The summed E-state index contributed by atoms with van der Waals surface area (Å²) in [6, 6.07) is 12.4. The Kier molecular flexibility index (Phi) is 6.54. The lowest BCUT2D eigenvalue weighted by Gasteiger charge is -2.23. The third kappa shape index (κ3) is 4.63. The molecule has 0 saturated carbocycles. The van der Waals surface area contributed by atoms with Crippen LogP contribution in [0.4, 0.5) is 0 Å². The highest BCUT2D eigenvalue weighted by molar-refractivity contribution is 7.10. The van der Waals surface area contributed by atoms with Gasteiger partial charge in [0.05, 0.1) is 23.8 Å². The van der Waals surface area contributed by atoms with Crippen molar-refractivity contribution in [3.63, 3.8) is 0 Å². The van der Waals surface area contributed by atoms with Gasteiger partial charge in [-0.1, -0.05) is 47.5 Å². The van der Waals surface area contributed by atoms with Gasteiger partial charge < -0.3 is 10.2 Å². The molecule has 148 valence electrons. The SMILES string of the molecule is Cc1ccc(Cn2nc(C)c(C(=O)NC[C@H](c3cccs3)N(C)C)c2Cl)cc1. The number of carbonyl (C=O) groups is 1. The molecule has 0 aliphatic carbocycles. The summed E-state index contributed by atoms with van der Waals surface area (Å²) >= 11 is 8.20. The third-order valence-electron chi connectivity index (χ3n) is 4.70. The molecule has 2 aromatic heterocycles. The number of amides is 1. The van der Waals surface area contributed by atoms with Crippen molar-refractivity contribution in [3.05, 3.63) is 74.2 Å². The van der Waals surface area contributed by atoms with Crippen molar-refractivity contribution in [2.75, 3.05) is 20.6 Å². The van der Waals surface area contributed by atoms with Gasteiger partial charge in [-0.15, -0.1) is 11.3 Å². The lowest BCUT2D eigenvalue weighted by molar-refractivity contribution is 0.0941. The van der Waals surface area contributed by atoms with Gasteiger partial charge in [0.25, 0.3) is 5.91 Å². The first-order chi connectivity index (χ1) is 13.4. The summed E-state index contributed by atoms with van der Waals surface area (Å²) in [6.07, 6.45) is 0. The number of halogens is 1. The number of hydrogen-bond acceptors (Lipinski definition) is 4. The lowest BCUT2D eigenvalue weighted by atomic mass is 10.1. The molecule has 0 aliphatic heterocycles. The third-order valence-corrected chi connectivity index (χ3v) is 6.05. The Balaban J connectivity index is 1.73. The van der Waals surface area contributed by atoms with Crippen LogP contribution in [-0.2, 0) is 6.54 Å². The Hall–Kier alpha value is -2.15. The highest BCUT2D eigenvalue weighted by atomic mass is 35.5. The van der Waals surface area contributed by atoms with E-state index in [2.05, 4.69) is 40.4 Å². The summed E-state index contributed by atoms with van der Waals surface area (Å²) in [6.45, 7) is 4.90. The van der Waals surface area contributed by atoms with Crippen LogP contribution in [0.1, 0.15) is 38.1 Å². The largest absolute Gasteiger partial charge is 0.350 e. The van der Waals surface area contributed by atoms with E-state index in [1.807, 2.05) is 44.6 Å². The normalized spacial score (nSPS) is 12.4. The molecule has 0 bridgehead atoms. The maximum Gasteiger partial charge on any atom is 0.256 e. The molecule has 0 aliphatic rings. The molecule has 3 rings (SSSR count). The standard InChI is InChI=1S/C21H25ClN4OS/c1-14-7-9-16(10-8-14)13-26-20(22)19(15(2)24-26)21(27)23-12-17(25(3)4)18-6-5-11-28-18/h5-11,17H,12-13H2,1-4H3,(H,23,27)/t17-/m1/s1. The zero-order valence-electron chi connectivity index (χ0n) is 16.6. The van der Waals surface area contributed by atoms with Crippen molar-refractivity contribution in [3.8, 4) is 0 Å². The average Bonchev–Trinajstić information content (AvgIpc) is 3.25. The summed E-state index contributed by atoms with van der Waals surface area (Å²) in [5.74, 6) is -0.193. The van der Waals surface area contributed by atoms with E-state index in [9.17, 15) is 4.79 Å². The van der Waals surface area contributed by atoms with Crippen LogP contribution >= 0.6 is 22.9 Å². The van der Waals surface area contributed by atoms with Crippen molar-refractivity contribution in [2.24, 2.45) is 0 Å². The number of likely N-dealkylation sites (N-methyl/N-ethyl adjacent to an activating group) is 1. The number of aromatic nitrogens is 2. The van der Waals surface area contributed by atoms with Crippen molar-refractivity contribution < 1.29 is 4.79 Å². The maximum atomic E-state index is 12.8. The lowest BCUT2D eigenvalue weighted by Crippen LogP contribution is -2.34. The summed E-state index contributed by atoms with van der Waals surface area (Å²) < 4.78 is 1.68. The van der Waals surface area contributed by atoms with Crippen molar-refractivity contribution in [2.45, 2.75) is 26.4 Å². The molecule has 1 atom stereocenters. The summed E-state index contributed by atoms with van der Waals surface area (Å²) in [4.78, 5) is 16.1. The van der Waals surface area contributed by atoms with E-state index < -0.39 is 0 Å². The topological polar surface area (TPSA) is 50.2 Å². The highest BCUT2D eigenvalue weighted by Gasteiger charge is 2.22. The molecule has 1 amide bonds. The molecule has 28 heavy (non-hydrogen) atoms. The molecule has 0 radical (unpaired) electrons. The number of thiophene rings is 1. The van der Waals surface area contributed by atoms with Gasteiger partial charge in [0.1, 0.15) is 5.15 Å². The van der Waals surface area contributed by atoms with Crippen LogP contribution in [0.15, 0.2) is 41.8 Å². The van der Waals surface area contributed by atoms with Crippen LogP contribution in [0, 0.1) is 13.8 Å². The minimum Gasteiger partial charge on any atom is -0.350 e. The van der Waals surface area contributed by atoms with Crippen molar-refractivity contribution in [1.29, 1.82) is 0 Å². The molecule has 7 heteroatoms. The second kappa shape index (κ2) is 8.90. The molecule has 0 saturated heterocycles. The van der Waals surface area contributed by atoms with E-state index in [0.29, 0.717) is 29.5 Å². The zero-order valence-corrected chi connectivity index (χ0v) is 18.1. The van der Waals surface area contributed by atoms with Gasteiger partial charge in [-0.25, -0.2) is 4.68 Å². The van der Waals surface area contributed by atoms with Gasteiger partial charge in [0.15, 0.2) is 0 Å². The average molecular weight is 417 g/mol. The van der Waals surface area contributed by atoms with Crippen LogP contribution < -0.4 is 5.32 Å². The Morgan fingerprint density at radius 3 is 2.57 bits per heavy atom. The molecule has 5 nitrogen and oxygen atoms in total.